The lowest BCUT2D eigenvalue weighted by atomic mass is 10.2. The zero-order valence-electron chi connectivity index (χ0n) is 10.7. The minimum absolute atomic E-state index is 0.0332. The lowest BCUT2D eigenvalue weighted by Gasteiger charge is -2.27. The molecule has 5 nitrogen and oxygen atoms in total. The second-order valence-electron chi connectivity index (χ2n) is 4.46. The van der Waals surface area contributed by atoms with Crippen LogP contribution in [0.1, 0.15) is 16.9 Å². The number of hydrogen-bond acceptors (Lipinski definition) is 3. The second kappa shape index (κ2) is 6.31. The Hall–Kier alpha value is -1.49. The standard InChI is InChI=1S/C14H16NO4P/c16-15(11-12-7-3-1-4-8-12)14(20(17,18)19)13-9-5-2-6-10-13/h1-10,14,16H,11H2,(H2,17,18,19). The van der Waals surface area contributed by atoms with Crippen molar-refractivity contribution in [2.24, 2.45) is 0 Å². The Morgan fingerprint density at radius 1 is 0.950 bits per heavy atom. The van der Waals surface area contributed by atoms with Gasteiger partial charge in [0.05, 0.1) is 6.54 Å². The van der Waals surface area contributed by atoms with Crippen molar-refractivity contribution in [3.05, 3.63) is 71.8 Å². The molecule has 0 spiro atoms. The van der Waals surface area contributed by atoms with Crippen molar-refractivity contribution in [2.45, 2.75) is 12.3 Å². The van der Waals surface area contributed by atoms with E-state index >= 15 is 0 Å². The van der Waals surface area contributed by atoms with Crippen molar-refractivity contribution in [2.75, 3.05) is 0 Å². The molecule has 0 aliphatic rings. The van der Waals surface area contributed by atoms with Crippen molar-refractivity contribution in [1.29, 1.82) is 0 Å². The zero-order chi connectivity index (χ0) is 14.6. The third-order valence-corrected chi connectivity index (χ3v) is 4.09. The van der Waals surface area contributed by atoms with Crippen molar-refractivity contribution in [1.82, 2.24) is 5.06 Å². The fourth-order valence-corrected chi connectivity index (χ4v) is 3.01. The Bertz CT molecular complexity index is 585. The Kier molecular flexibility index (Phi) is 4.70. The quantitative estimate of drug-likeness (QED) is 0.583. The Labute approximate surface area is 117 Å². The molecule has 0 amide bonds. The lowest BCUT2D eigenvalue weighted by molar-refractivity contribution is -0.119. The first-order chi connectivity index (χ1) is 9.48. The van der Waals surface area contributed by atoms with E-state index in [1.807, 2.05) is 6.07 Å². The Morgan fingerprint density at radius 2 is 1.45 bits per heavy atom. The number of hydrogen-bond donors (Lipinski definition) is 3. The predicted octanol–water partition coefficient (Wildman–Crippen LogP) is 2.75. The average Bonchev–Trinajstić information content (AvgIpc) is 2.39. The molecule has 0 saturated heterocycles. The van der Waals surface area contributed by atoms with Crippen LogP contribution in [0.5, 0.6) is 0 Å². The molecular formula is C14H16NO4P. The van der Waals surface area contributed by atoms with E-state index in [9.17, 15) is 19.6 Å². The Balaban J connectivity index is 2.26. The molecule has 1 unspecified atom stereocenters. The summed E-state index contributed by atoms with van der Waals surface area (Å²) in [4.78, 5) is 19.0. The first-order valence-corrected chi connectivity index (χ1v) is 7.76. The van der Waals surface area contributed by atoms with Crippen molar-refractivity contribution < 1.29 is 19.6 Å². The molecule has 3 N–H and O–H groups in total. The second-order valence-corrected chi connectivity index (χ2v) is 6.12. The molecule has 6 heteroatoms. The third-order valence-electron chi connectivity index (χ3n) is 2.89. The van der Waals surface area contributed by atoms with Gasteiger partial charge in [-0.1, -0.05) is 60.7 Å². The summed E-state index contributed by atoms with van der Waals surface area (Å²) in [6.45, 7) is 0.0332. The smallest absolute Gasteiger partial charge is 0.323 e. The van der Waals surface area contributed by atoms with E-state index in [2.05, 4.69) is 0 Å². The van der Waals surface area contributed by atoms with E-state index in [4.69, 9.17) is 0 Å². The maximum absolute atomic E-state index is 11.7. The van der Waals surface area contributed by atoms with Gasteiger partial charge in [0.1, 0.15) is 0 Å². The van der Waals surface area contributed by atoms with Crippen molar-refractivity contribution >= 4 is 7.60 Å². The van der Waals surface area contributed by atoms with E-state index in [0.29, 0.717) is 10.6 Å². The highest BCUT2D eigenvalue weighted by atomic mass is 31.2. The lowest BCUT2D eigenvalue weighted by Crippen LogP contribution is -2.25. The van der Waals surface area contributed by atoms with E-state index < -0.39 is 13.4 Å². The summed E-state index contributed by atoms with van der Waals surface area (Å²) in [7, 11) is -4.51. The van der Waals surface area contributed by atoms with E-state index in [1.54, 1.807) is 54.6 Å². The summed E-state index contributed by atoms with van der Waals surface area (Å²) in [5.74, 6) is -1.37. The van der Waals surface area contributed by atoms with Crippen LogP contribution in [-0.2, 0) is 11.1 Å². The molecule has 20 heavy (non-hydrogen) atoms. The van der Waals surface area contributed by atoms with Gasteiger partial charge in [-0.2, -0.15) is 5.06 Å². The normalized spacial score (nSPS) is 13.4. The van der Waals surface area contributed by atoms with Crippen LogP contribution in [0.15, 0.2) is 60.7 Å². The number of rotatable bonds is 5. The van der Waals surface area contributed by atoms with Gasteiger partial charge in [-0.05, 0) is 11.1 Å². The minimum atomic E-state index is -4.51. The molecule has 2 aromatic rings. The van der Waals surface area contributed by atoms with Crippen molar-refractivity contribution in [3.63, 3.8) is 0 Å². The number of nitrogens with zero attached hydrogens (tertiary/aromatic N) is 1. The van der Waals surface area contributed by atoms with E-state index in [0.717, 1.165) is 5.56 Å². The van der Waals surface area contributed by atoms with Crippen LogP contribution >= 0.6 is 7.60 Å². The van der Waals surface area contributed by atoms with Crippen LogP contribution in [0.3, 0.4) is 0 Å². The molecule has 106 valence electrons. The zero-order valence-corrected chi connectivity index (χ0v) is 11.6. The summed E-state index contributed by atoms with van der Waals surface area (Å²) >= 11 is 0. The summed E-state index contributed by atoms with van der Waals surface area (Å²) in [6.07, 6.45) is 0. The summed E-state index contributed by atoms with van der Waals surface area (Å²) in [6, 6.07) is 17.3. The van der Waals surface area contributed by atoms with Gasteiger partial charge in [-0.3, -0.25) is 4.57 Å². The van der Waals surface area contributed by atoms with Crippen LogP contribution in [0, 0.1) is 0 Å². The van der Waals surface area contributed by atoms with Crippen molar-refractivity contribution in [3.8, 4) is 0 Å². The molecular weight excluding hydrogens is 277 g/mol. The Morgan fingerprint density at radius 3 is 1.95 bits per heavy atom. The molecule has 0 aliphatic heterocycles. The number of hydroxylamine groups is 2. The van der Waals surface area contributed by atoms with Gasteiger partial charge in [0.15, 0.2) is 5.78 Å². The van der Waals surface area contributed by atoms with Gasteiger partial charge < -0.3 is 15.0 Å². The molecule has 2 rings (SSSR count). The highest BCUT2D eigenvalue weighted by Crippen LogP contribution is 2.53. The maximum atomic E-state index is 11.7. The molecule has 0 bridgehead atoms. The SMILES string of the molecule is O=P(O)(O)C(c1ccccc1)N(O)Cc1ccccc1. The monoisotopic (exact) mass is 293 g/mol. The summed E-state index contributed by atoms with van der Waals surface area (Å²) in [5.41, 5.74) is 1.14. The molecule has 0 aromatic heterocycles. The molecule has 0 radical (unpaired) electrons. The van der Waals surface area contributed by atoms with Gasteiger partial charge in [-0.15, -0.1) is 0 Å². The minimum Gasteiger partial charge on any atom is -0.323 e. The molecule has 2 aromatic carbocycles. The highest BCUT2D eigenvalue weighted by Gasteiger charge is 2.35. The third kappa shape index (κ3) is 3.76. The first-order valence-electron chi connectivity index (χ1n) is 6.08. The highest BCUT2D eigenvalue weighted by molar-refractivity contribution is 7.52. The van der Waals surface area contributed by atoms with Gasteiger partial charge in [0.2, 0.25) is 0 Å². The van der Waals surface area contributed by atoms with Crippen LogP contribution in [-0.4, -0.2) is 20.1 Å². The van der Waals surface area contributed by atoms with Crippen LogP contribution < -0.4 is 0 Å². The molecule has 0 aliphatic carbocycles. The summed E-state index contributed by atoms with van der Waals surface area (Å²) in [5, 5.41) is 10.8. The van der Waals surface area contributed by atoms with Gasteiger partial charge in [-0.25, -0.2) is 0 Å². The van der Waals surface area contributed by atoms with Gasteiger partial charge in [0, 0.05) is 0 Å². The fourth-order valence-electron chi connectivity index (χ4n) is 2.02. The summed E-state index contributed by atoms with van der Waals surface area (Å²) < 4.78 is 11.7. The first kappa shape index (κ1) is 14.9. The topological polar surface area (TPSA) is 81.0 Å². The van der Waals surface area contributed by atoms with Gasteiger partial charge >= 0.3 is 7.60 Å². The number of benzene rings is 2. The van der Waals surface area contributed by atoms with Crippen LogP contribution in [0.4, 0.5) is 0 Å². The molecule has 0 heterocycles. The van der Waals surface area contributed by atoms with Crippen LogP contribution in [0.25, 0.3) is 0 Å². The predicted molar refractivity (Wildman–Crippen MR) is 75.0 cm³/mol. The van der Waals surface area contributed by atoms with Gasteiger partial charge in [0.25, 0.3) is 0 Å². The largest absolute Gasteiger partial charge is 0.349 e. The molecule has 0 fully saturated rings. The van der Waals surface area contributed by atoms with E-state index in [1.165, 1.54) is 0 Å². The molecule has 1 atom stereocenters. The fraction of sp³-hybridized carbons (Fsp3) is 0.143. The average molecular weight is 293 g/mol. The van der Waals surface area contributed by atoms with E-state index in [-0.39, 0.29) is 6.54 Å². The maximum Gasteiger partial charge on any atom is 0.349 e. The molecule has 0 saturated carbocycles. The van der Waals surface area contributed by atoms with Crippen LogP contribution in [0.2, 0.25) is 0 Å².